The number of rotatable bonds is 9. The predicted molar refractivity (Wildman–Crippen MR) is 206 cm³/mol. The number of aromatic nitrogens is 1. The minimum Gasteiger partial charge on any atom is -0.354 e. The number of hydrogen-bond acceptors (Lipinski definition) is 6. The van der Waals surface area contributed by atoms with Crippen molar-refractivity contribution >= 4 is 34.2 Å². The molecule has 1 saturated heterocycles. The standard InChI is InChI=1S/C43H46F2N6/c1-26-18-40(49-29(4)42(44)45)41(47-24-26)28(3)48-34-11-8-10-31(21-34)35-12-9-13-36(27(35)2)39-22-37-32(23-46)19-30(20-38(37)50-39)25-51-16-14-33(15-17-51)43(5,6)7/h8-13,18-21,24,33,42,48H,3,14-17,22,25H2,1-2,4-7H3. The quantitative estimate of drug-likeness (QED) is 0.178. The lowest BCUT2D eigenvalue weighted by molar-refractivity contribution is 0.108. The van der Waals surface area contributed by atoms with Crippen molar-refractivity contribution in [3.8, 4) is 17.2 Å². The van der Waals surface area contributed by atoms with Crippen molar-refractivity contribution < 1.29 is 8.78 Å². The number of alkyl halides is 2. The van der Waals surface area contributed by atoms with Crippen LogP contribution < -0.4 is 5.32 Å². The van der Waals surface area contributed by atoms with Gasteiger partial charge in [-0.15, -0.1) is 0 Å². The molecule has 4 aromatic rings. The number of fused-ring (bicyclic) bond motifs is 1. The lowest BCUT2D eigenvalue weighted by Gasteiger charge is -2.38. The number of aliphatic imine (C=N–C) groups is 2. The number of nitrogens with one attached hydrogen (secondary N) is 1. The van der Waals surface area contributed by atoms with Crippen molar-refractivity contribution in [2.75, 3.05) is 18.4 Å². The van der Waals surface area contributed by atoms with E-state index in [4.69, 9.17) is 4.99 Å². The van der Waals surface area contributed by atoms with E-state index in [1.54, 1.807) is 12.3 Å². The van der Waals surface area contributed by atoms with Crippen molar-refractivity contribution in [1.29, 1.82) is 5.26 Å². The predicted octanol–water partition coefficient (Wildman–Crippen LogP) is 10.6. The fourth-order valence-corrected chi connectivity index (χ4v) is 7.28. The number of aryl methyl sites for hydroxylation is 1. The molecule has 2 aliphatic rings. The summed E-state index contributed by atoms with van der Waals surface area (Å²) >= 11 is 0. The first-order valence-corrected chi connectivity index (χ1v) is 17.6. The second kappa shape index (κ2) is 14.7. The summed E-state index contributed by atoms with van der Waals surface area (Å²) in [5.41, 5.74) is 11.8. The number of nitriles is 1. The van der Waals surface area contributed by atoms with Gasteiger partial charge in [0, 0.05) is 30.4 Å². The number of nitrogens with zero attached hydrogens (tertiary/aromatic N) is 5. The van der Waals surface area contributed by atoms with E-state index in [1.807, 2.05) is 31.2 Å². The maximum atomic E-state index is 13.3. The van der Waals surface area contributed by atoms with Gasteiger partial charge in [0.15, 0.2) is 0 Å². The maximum Gasteiger partial charge on any atom is 0.276 e. The fourth-order valence-electron chi connectivity index (χ4n) is 7.28. The molecule has 1 fully saturated rings. The van der Waals surface area contributed by atoms with Crippen LogP contribution in [0.1, 0.15) is 79.6 Å². The molecule has 3 heterocycles. The van der Waals surface area contributed by atoms with E-state index in [2.05, 4.69) is 90.9 Å². The van der Waals surface area contributed by atoms with Gasteiger partial charge >= 0.3 is 0 Å². The van der Waals surface area contributed by atoms with E-state index < -0.39 is 6.43 Å². The highest BCUT2D eigenvalue weighted by molar-refractivity contribution is 6.09. The highest BCUT2D eigenvalue weighted by Crippen LogP contribution is 2.38. The van der Waals surface area contributed by atoms with Crippen molar-refractivity contribution in [2.24, 2.45) is 21.3 Å². The molecule has 3 aromatic carbocycles. The average molecular weight is 685 g/mol. The molecule has 0 atom stereocenters. The Bertz CT molecular complexity index is 2070. The molecule has 0 aliphatic carbocycles. The molecule has 6 nitrogen and oxygen atoms in total. The SMILES string of the molecule is C=C(Nc1cccc(-c2cccc(C3=Nc4cc(CN5CCC(C(C)(C)C)CC5)cc(C#N)c4C3)c2C)c1)c1ncc(C)cc1N=C(C)C(F)F. The average Bonchev–Trinajstić information content (AvgIpc) is 3.52. The molecule has 8 heteroatoms. The van der Waals surface area contributed by atoms with Crippen molar-refractivity contribution in [3.63, 3.8) is 0 Å². The molecule has 1 N–H and O–H groups in total. The van der Waals surface area contributed by atoms with Crippen LogP contribution in [0, 0.1) is 36.5 Å². The van der Waals surface area contributed by atoms with E-state index in [1.165, 1.54) is 19.8 Å². The monoisotopic (exact) mass is 684 g/mol. The number of likely N-dealkylation sites (tertiary alicyclic amines) is 1. The third kappa shape index (κ3) is 8.00. The van der Waals surface area contributed by atoms with E-state index in [9.17, 15) is 14.0 Å². The van der Waals surface area contributed by atoms with Crippen LogP contribution in [0.3, 0.4) is 0 Å². The third-order valence-corrected chi connectivity index (χ3v) is 10.2. The smallest absolute Gasteiger partial charge is 0.276 e. The number of pyridine rings is 1. The molecule has 0 amide bonds. The van der Waals surface area contributed by atoms with Crippen LogP contribution in [-0.4, -0.2) is 40.8 Å². The number of piperidine rings is 1. The van der Waals surface area contributed by atoms with Gasteiger partial charge in [-0.2, -0.15) is 5.26 Å². The summed E-state index contributed by atoms with van der Waals surface area (Å²) in [6.07, 6.45) is 2.03. The zero-order valence-corrected chi connectivity index (χ0v) is 30.4. The topological polar surface area (TPSA) is 76.7 Å². The summed E-state index contributed by atoms with van der Waals surface area (Å²) in [5.74, 6) is 0.739. The highest BCUT2D eigenvalue weighted by Gasteiger charge is 2.29. The second-order valence-corrected chi connectivity index (χ2v) is 15.0. The molecule has 0 saturated carbocycles. The number of anilines is 1. The van der Waals surface area contributed by atoms with Crippen molar-refractivity contribution in [1.82, 2.24) is 9.88 Å². The first-order valence-electron chi connectivity index (χ1n) is 17.6. The molecule has 1 aromatic heterocycles. The Labute approximate surface area is 300 Å². The molecule has 0 unspecified atom stereocenters. The lowest BCUT2D eigenvalue weighted by Crippen LogP contribution is -2.37. The van der Waals surface area contributed by atoms with Gasteiger partial charge in [0.1, 0.15) is 5.69 Å². The maximum absolute atomic E-state index is 13.3. The number of benzene rings is 3. The Morgan fingerprint density at radius 3 is 2.49 bits per heavy atom. The molecule has 0 radical (unpaired) electrons. The number of hydrogen-bond donors (Lipinski definition) is 1. The molecule has 0 spiro atoms. The van der Waals surface area contributed by atoms with Gasteiger partial charge in [-0.1, -0.05) is 57.7 Å². The molecular formula is C43H46F2N6. The highest BCUT2D eigenvalue weighted by atomic mass is 19.3. The fraction of sp³-hybridized carbons (Fsp3) is 0.349. The van der Waals surface area contributed by atoms with E-state index in [-0.39, 0.29) is 5.71 Å². The van der Waals surface area contributed by atoms with Crippen molar-refractivity contribution in [3.05, 3.63) is 113 Å². The Morgan fingerprint density at radius 2 is 1.78 bits per heavy atom. The summed E-state index contributed by atoms with van der Waals surface area (Å²) in [7, 11) is 0. The number of halogens is 2. The first-order chi connectivity index (χ1) is 24.3. The Balaban J connectivity index is 1.22. The largest absolute Gasteiger partial charge is 0.354 e. The second-order valence-electron chi connectivity index (χ2n) is 15.0. The minimum atomic E-state index is -2.66. The van der Waals surface area contributed by atoms with Gasteiger partial charge in [-0.05, 0) is 122 Å². The molecule has 262 valence electrons. The Morgan fingerprint density at radius 1 is 1.06 bits per heavy atom. The Kier molecular flexibility index (Phi) is 10.3. The van der Waals surface area contributed by atoms with Gasteiger partial charge in [-0.3, -0.25) is 14.9 Å². The molecule has 2 aliphatic heterocycles. The minimum absolute atomic E-state index is 0.278. The molecule has 51 heavy (non-hydrogen) atoms. The summed E-state index contributed by atoms with van der Waals surface area (Å²) in [6.45, 7) is 19.4. The van der Waals surface area contributed by atoms with E-state index in [0.29, 0.717) is 34.5 Å². The van der Waals surface area contributed by atoms with Crippen LogP contribution in [-0.2, 0) is 13.0 Å². The van der Waals surface area contributed by atoms with Crippen LogP contribution in [0.5, 0.6) is 0 Å². The van der Waals surface area contributed by atoms with Gasteiger partial charge in [0.25, 0.3) is 6.43 Å². The van der Waals surface area contributed by atoms with Crippen LogP contribution in [0.15, 0.2) is 83.4 Å². The van der Waals surface area contributed by atoms with Gasteiger partial charge < -0.3 is 5.32 Å². The van der Waals surface area contributed by atoms with Crippen LogP contribution in [0.2, 0.25) is 0 Å². The van der Waals surface area contributed by atoms with Gasteiger partial charge in [-0.25, -0.2) is 13.8 Å². The summed E-state index contributed by atoms with van der Waals surface area (Å²) < 4.78 is 26.6. The third-order valence-electron chi connectivity index (χ3n) is 10.2. The summed E-state index contributed by atoms with van der Waals surface area (Å²) in [5, 5.41) is 13.5. The van der Waals surface area contributed by atoms with Crippen molar-refractivity contribution in [2.45, 2.75) is 73.8 Å². The van der Waals surface area contributed by atoms with Crippen LogP contribution in [0.4, 0.5) is 25.8 Å². The molecule has 6 rings (SSSR count). The van der Waals surface area contributed by atoms with Gasteiger partial charge in [0.2, 0.25) is 0 Å². The summed E-state index contributed by atoms with van der Waals surface area (Å²) in [4.78, 5) is 16.2. The van der Waals surface area contributed by atoms with Crippen LogP contribution in [0.25, 0.3) is 16.8 Å². The Hall–Kier alpha value is -5.00. The molecular weight excluding hydrogens is 639 g/mol. The van der Waals surface area contributed by atoms with Crippen LogP contribution >= 0.6 is 0 Å². The lowest BCUT2D eigenvalue weighted by atomic mass is 9.75. The molecule has 0 bridgehead atoms. The van der Waals surface area contributed by atoms with E-state index >= 15 is 0 Å². The zero-order valence-electron chi connectivity index (χ0n) is 30.4. The summed E-state index contributed by atoms with van der Waals surface area (Å²) in [6, 6.07) is 22.7. The first kappa shape index (κ1) is 35.8. The van der Waals surface area contributed by atoms with E-state index in [0.717, 1.165) is 81.6 Å². The zero-order chi connectivity index (χ0) is 36.4. The normalized spacial score (nSPS) is 15.5. The van der Waals surface area contributed by atoms with Gasteiger partial charge in [0.05, 0.1) is 40.1 Å².